The number of carbonyl (C=O) groups excluding carboxylic acids is 1. The van der Waals surface area contributed by atoms with E-state index in [-0.39, 0.29) is 27.8 Å². The van der Waals surface area contributed by atoms with Crippen LogP contribution in [0, 0.1) is 5.81 Å². The summed E-state index contributed by atoms with van der Waals surface area (Å²) in [7, 11) is -0.402. The molecule has 0 radical (unpaired) electrons. The number of fused-ring (bicyclic) bond motifs is 1. The molecule has 2 aromatic carbocycles. The zero-order valence-corrected chi connectivity index (χ0v) is 24.4. The molecule has 6 rings (SSSR count). The summed E-state index contributed by atoms with van der Waals surface area (Å²) in [5.41, 5.74) is 0.758. The van der Waals surface area contributed by atoms with Crippen molar-refractivity contribution in [3.63, 3.8) is 0 Å². The van der Waals surface area contributed by atoms with E-state index in [0.29, 0.717) is 24.3 Å². The molecule has 0 bridgehead atoms. The van der Waals surface area contributed by atoms with Gasteiger partial charge in [0.15, 0.2) is 24.7 Å². The Labute approximate surface area is 256 Å². The van der Waals surface area contributed by atoms with Crippen molar-refractivity contribution in [2.24, 2.45) is 0 Å². The molecule has 1 amide bonds. The second-order valence-electron chi connectivity index (χ2n) is 9.79. The number of rotatable bonds is 9. The van der Waals surface area contributed by atoms with Crippen molar-refractivity contribution in [2.45, 2.75) is 43.4 Å². The topological polar surface area (TPSA) is 176 Å². The average Bonchev–Trinajstić information content (AvgIpc) is 3.77. The molecule has 4 aromatic rings. The normalized spacial score (nSPS) is 24.6. The van der Waals surface area contributed by atoms with Crippen LogP contribution in [0.1, 0.15) is 29.4 Å². The molecule has 2 saturated heterocycles. The van der Waals surface area contributed by atoms with Gasteiger partial charge in [-0.15, -0.1) is 0 Å². The van der Waals surface area contributed by atoms with Crippen LogP contribution < -0.4 is 14.8 Å². The fourth-order valence-electron chi connectivity index (χ4n) is 4.98. The van der Waals surface area contributed by atoms with Crippen LogP contribution in [0.4, 0.5) is 5.82 Å². The quantitative estimate of drug-likeness (QED) is 0.179. The molecule has 2 aromatic heterocycles. The number of ether oxygens (including phenoxy) is 5. The minimum absolute atomic E-state index is 0.113. The number of para-hydroxylation sites is 1. The average molecular weight is 642 g/mol. The molecule has 228 valence electrons. The van der Waals surface area contributed by atoms with Crippen LogP contribution in [-0.2, 0) is 18.8 Å². The summed E-state index contributed by atoms with van der Waals surface area (Å²) in [6.07, 6.45) is -0.340. The monoisotopic (exact) mass is 641 g/mol. The molecule has 2 aliphatic heterocycles. The molecule has 0 spiro atoms. The van der Waals surface area contributed by atoms with Crippen LogP contribution in [0.15, 0.2) is 61.2 Å². The Bertz CT molecular complexity index is 1770. The van der Waals surface area contributed by atoms with Crippen LogP contribution in [0.2, 0.25) is 5.02 Å². The Kier molecular flexibility index (Phi) is 8.94. The van der Waals surface area contributed by atoms with E-state index in [1.165, 1.54) is 41.5 Å². The number of aromatic nitrogens is 4. The molecular formula is C28H25ClN5O9P. The van der Waals surface area contributed by atoms with Crippen molar-refractivity contribution in [1.29, 1.82) is 0 Å². The third kappa shape index (κ3) is 5.94. The van der Waals surface area contributed by atoms with Crippen molar-refractivity contribution in [3.8, 4) is 17.3 Å². The maximum atomic E-state index is 13.0. The second-order valence-corrected chi connectivity index (χ2v) is 10.6. The molecule has 16 heteroatoms. The summed E-state index contributed by atoms with van der Waals surface area (Å²) < 4.78 is 41.1. The molecule has 3 N–H and O–H groups in total. The molecule has 2 aliphatic rings. The van der Waals surface area contributed by atoms with Crippen LogP contribution in [0.3, 0.4) is 0 Å². The van der Waals surface area contributed by atoms with Crippen LogP contribution in [0.25, 0.3) is 11.2 Å². The maximum absolute atomic E-state index is 13.0. The molecule has 0 saturated carbocycles. The molecule has 4 heterocycles. The summed E-state index contributed by atoms with van der Waals surface area (Å²) in [5, 5.41) is 25.2. The number of hydrogen-bond acceptors (Lipinski definition) is 12. The Hall–Kier alpha value is -3.84. The molecule has 14 nitrogen and oxygen atoms in total. The van der Waals surface area contributed by atoms with Gasteiger partial charge in [-0.2, -0.15) is 0 Å². The first-order chi connectivity index (χ1) is 21.4. The van der Waals surface area contributed by atoms with Gasteiger partial charge in [0.05, 0.1) is 11.6 Å². The Morgan fingerprint density at radius 2 is 2.02 bits per heavy atom. The number of hydrogen-bond donors (Lipinski definition) is 3. The molecule has 44 heavy (non-hydrogen) atoms. The third-order valence-corrected chi connectivity index (χ3v) is 7.55. The Morgan fingerprint density at radius 3 is 2.75 bits per heavy atom. The standard InChI is InChI=1S/C28H25ClN5O9P/c29-18-4-1-2-5-19(18)43-28(37)20(12-35)41-27(23(28)42-21-6-3-11-39-21)34-14-32-22-24(30-13-31-25(22)34)33-26(36)16-7-9-17(10-8-16)40-15-44-38/h1-2,4-5,7-10,13-14,20-21,23,27,35,37H,3,6,11-12H2,(H,30,31,33,36)/t20-,21?,23+,27-,28+/m1/s1. The summed E-state index contributed by atoms with van der Waals surface area (Å²) >= 11 is 6.33. The van der Waals surface area contributed by atoms with Gasteiger partial charge in [0.25, 0.3) is 5.79 Å². The van der Waals surface area contributed by atoms with Crippen molar-refractivity contribution >= 4 is 42.4 Å². The van der Waals surface area contributed by atoms with Gasteiger partial charge < -0.3 is 29.2 Å². The second kappa shape index (κ2) is 13.0. The van der Waals surface area contributed by atoms with Gasteiger partial charge >= 0.3 is 124 Å². The number of halogens is 1. The Balaban J connectivity index is 1.32. The predicted molar refractivity (Wildman–Crippen MR) is 154 cm³/mol. The SMILES string of the molecule is O=P#COc1ccc(C(=O)Nc2ncnc3c2ncn3[C@@H]2O[C@H](CO)[C@](O)(Oc3ccccc3Cl)[C@H]2OC2CCCO2)cc1. The minimum atomic E-state index is -2.21. The van der Waals surface area contributed by atoms with E-state index in [0.717, 1.165) is 6.42 Å². The van der Waals surface area contributed by atoms with Gasteiger partial charge in [0.2, 0.25) is 0 Å². The molecule has 2 fully saturated rings. The van der Waals surface area contributed by atoms with E-state index in [9.17, 15) is 19.6 Å². The van der Waals surface area contributed by atoms with E-state index in [1.54, 1.807) is 24.3 Å². The fraction of sp³-hybridized carbons (Fsp3) is 0.321. The molecular weight excluding hydrogens is 617 g/mol. The van der Waals surface area contributed by atoms with E-state index in [4.69, 9.17) is 35.3 Å². The number of aliphatic hydroxyl groups is 2. The molecule has 0 aliphatic carbocycles. The Morgan fingerprint density at radius 1 is 1.20 bits per heavy atom. The molecule has 5 atom stereocenters. The van der Waals surface area contributed by atoms with Crippen molar-refractivity contribution in [2.75, 3.05) is 18.5 Å². The zero-order valence-electron chi connectivity index (χ0n) is 22.8. The van der Waals surface area contributed by atoms with Gasteiger partial charge in [0.1, 0.15) is 5.75 Å². The van der Waals surface area contributed by atoms with E-state index in [1.807, 2.05) is 0 Å². The summed E-state index contributed by atoms with van der Waals surface area (Å²) in [6.45, 7) is -0.144. The molecule has 1 unspecified atom stereocenters. The number of anilines is 1. The number of amides is 1. The number of nitrogens with zero attached hydrogens (tertiary/aromatic N) is 4. The summed E-state index contributed by atoms with van der Waals surface area (Å²) in [6, 6.07) is 12.6. The number of imidazole rings is 1. The number of nitrogens with one attached hydrogen (secondary N) is 1. The van der Waals surface area contributed by atoms with Gasteiger partial charge in [-0.05, 0) is 18.6 Å². The number of benzene rings is 2. The summed E-state index contributed by atoms with van der Waals surface area (Å²) in [5.74, 6) is 0.0887. The first kappa shape index (κ1) is 30.2. The summed E-state index contributed by atoms with van der Waals surface area (Å²) in [4.78, 5) is 25.9. The van der Waals surface area contributed by atoms with Crippen LogP contribution in [-0.4, -0.2) is 73.1 Å². The van der Waals surface area contributed by atoms with Crippen molar-refractivity contribution in [1.82, 2.24) is 19.5 Å². The van der Waals surface area contributed by atoms with Gasteiger partial charge in [-0.1, -0.05) is 23.7 Å². The van der Waals surface area contributed by atoms with Gasteiger partial charge in [-0.25, -0.2) is 0 Å². The van der Waals surface area contributed by atoms with Gasteiger partial charge in [0, 0.05) is 13.0 Å². The van der Waals surface area contributed by atoms with Crippen LogP contribution >= 0.6 is 19.5 Å². The number of aliphatic hydroxyl groups excluding tert-OH is 1. The number of carbonyl (C=O) groups is 1. The predicted octanol–water partition coefficient (Wildman–Crippen LogP) is 3.50. The van der Waals surface area contributed by atoms with E-state index < -0.39 is 50.9 Å². The van der Waals surface area contributed by atoms with Crippen molar-refractivity contribution < 1.29 is 43.3 Å². The zero-order chi connectivity index (χ0) is 30.7. The fourth-order valence-corrected chi connectivity index (χ4v) is 5.29. The third-order valence-electron chi connectivity index (χ3n) is 7.08. The van der Waals surface area contributed by atoms with E-state index >= 15 is 0 Å². The van der Waals surface area contributed by atoms with E-state index in [2.05, 4.69) is 26.1 Å². The van der Waals surface area contributed by atoms with Crippen LogP contribution in [0.5, 0.6) is 11.5 Å². The van der Waals surface area contributed by atoms with Crippen molar-refractivity contribution in [3.05, 3.63) is 71.8 Å². The first-order valence-corrected chi connectivity index (χ1v) is 14.6. The first-order valence-electron chi connectivity index (χ1n) is 13.4. The van der Waals surface area contributed by atoms with Gasteiger partial charge in [-0.3, -0.25) is 0 Å².